The van der Waals surface area contributed by atoms with Crippen LogP contribution in [0.1, 0.15) is 52.4 Å². The van der Waals surface area contributed by atoms with Gasteiger partial charge in [0.25, 0.3) is 0 Å². The van der Waals surface area contributed by atoms with Crippen LogP contribution < -0.4 is 5.32 Å². The topological polar surface area (TPSA) is 41.6 Å². The maximum Gasteiger partial charge on any atom is 0.225 e. The van der Waals surface area contributed by atoms with Crippen molar-refractivity contribution >= 4 is 5.91 Å². The zero-order valence-corrected chi connectivity index (χ0v) is 12.4. The van der Waals surface area contributed by atoms with Crippen molar-refractivity contribution in [3.05, 3.63) is 0 Å². The molecule has 0 spiro atoms. The van der Waals surface area contributed by atoms with Crippen LogP contribution in [-0.4, -0.2) is 48.7 Å². The van der Waals surface area contributed by atoms with Crippen LogP contribution in [0, 0.1) is 0 Å². The number of ether oxygens (including phenoxy) is 1. The van der Waals surface area contributed by atoms with Gasteiger partial charge in [0.2, 0.25) is 5.91 Å². The van der Waals surface area contributed by atoms with Crippen LogP contribution >= 0.6 is 0 Å². The van der Waals surface area contributed by atoms with E-state index in [1.54, 1.807) is 0 Å². The molecule has 2 unspecified atom stereocenters. The first-order valence-corrected chi connectivity index (χ1v) is 7.81. The molecular formula is C15H28N2O2. The third-order valence-electron chi connectivity index (χ3n) is 4.20. The summed E-state index contributed by atoms with van der Waals surface area (Å²) in [6, 6.07) is 0.752. The second-order valence-electron chi connectivity index (χ2n) is 6.13. The number of rotatable bonds is 5. The molecule has 4 heteroatoms. The zero-order valence-electron chi connectivity index (χ0n) is 12.4. The first-order valence-electron chi connectivity index (χ1n) is 7.81. The van der Waals surface area contributed by atoms with Crippen molar-refractivity contribution in [2.75, 3.05) is 19.7 Å². The lowest BCUT2D eigenvalue weighted by Gasteiger charge is -2.33. The van der Waals surface area contributed by atoms with Gasteiger partial charge in [-0.1, -0.05) is 6.42 Å². The first-order chi connectivity index (χ1) is 9.16. The number of nitrogens with one attached hydrogen (secondary N) is 1. The summed E-state index contributed by atoms with van der Waals surface area (Å²) in [5, 5.41) is 3.53. The third kappa shape index (κ3) is 4.46. The number of piperidine rings is 1. The van der Waals surface area contributed by atoms with E-state index in [1.165, 1.54) is 19.3 Å². The minimum absolute atomic E-state index is 0.160. The molecule has 0 saturated carbocycles. The molecule has 1 amide bonds. The van der Waals surface area contributed by atoms with Crippen LogP contribution in [0.25, 0.3) is 0 Å². The minimum Gasteiger partial charge on any atom is -0.378 e. The summed E-state index contributed by atoms with van der Waals surface area (Å²) >= 11 is 0. The molecule has 0 aromatic carbocycles. The second kappa shape index (κ2) is 7.25. The Morgan fingerprint density at radius 3 is 2.74 bits per heavy atom. The summed E-state index contributed by atoms with van der Waals surface area (Å²) in [5.41, 5.74) is 0. The van der Waals surface area contributed by atoms with Crippen molar-refractivity contribution in [3.63, 3.8) is 0 Å². The Hall–Kier alpha value is -0.610. The highest BCUT2D eigenvalue weighted by Crippen LogP contribution is 2.18. The van der Waals surface area contributed by atoms with Gasteiger partial charge in [-0.15, -0.1) is 0 Å². The smallest absolute Gasteiger partial charge is 0.225 e. The summed E-state index contributed by atoms with van der Waals surface area (Å²) < 4.78 is 5.58. The molecule has 2 rings (SSSR count). The molecule has 2 atom stereocenters. The van der Waals surface area contributed by atoms with Crippen LogP contribution in [0.4, 0.5) is 0 Å². The Morgan fingerprint density at radius 2 is 2.16 bits per heavy atom. The highest BCUT2D eigenvalue weighted by atomic mass is 16.5. The number of amides is 1. The van der Waals surface area contributed by atoms with Gasteiger partial charge in [0, 0.05) is 25.2 Å². The van der Waals surface area contributed by atoms with E-state index in [1.807, 2.05) is 4.90 Å². The lowest BCUT2D eigenvalue weighted by atomic mass is 10.0. The lowest BCUT2D eigenvalue weighted by molar-refractivity contribution is -0.135. The van der Waals surface area contributed by atoms with Gasteiger partial charge in [0.05, 0.1) is 12.5 Å². The molecule has 2 heterocycles. The molecule has 0 aromatic heterocycles. The number of hydrogen-bond donors (Lipinski definition) is 1. The van der Waals surface area contributed by atoms with Gasteiger partial charge >= 0.3 is 0 Å². The van der Waals surface area contributed by atoms with Crippen LogP contribution in [0.5, 0.6) is 0 Å². The molecule has 0 aromatic rings. The van der Waals surface area contributed by atoms with Crippen LogP contribution in [-0.2, 0) is 9.53 Å². The molecule has 2 aliphatic rings. The molecule has 2 fully saturated rings. The van der Waals surface area contributed by atoms with Crippen molar-refractivity contribution in [3.8, 4) is 0 Å². The number of carbonyl (C=O) groups is 1. The van der Waals surface area contributed by atoms with E-state index in [0.29, 0.717) is 12.5 Å². The molecule has 0 bridgehead atoms. The largest absolute Gasteiger partial charge is 0.378 e. The molecule has 19 heavy (non-hydrogen) atoms. The standard InChI is InChI=1S/C15H28N2O2/c1-12(2)17(11-13-6-3-4-8-16-13)15(18)10-14-7-5-9-19-14/h12-14,16H,3-11H2,1-2H3. The lowest BCUT2D eigenvalue weighted by Crippen LogP contribution is -2.48. The number of carbonyl (C=O) groups excluding carboxylic acids is 1. The average molecular weight is 268 g/mol. The van der Waals surface area contributed by atoms with Crippen LogP contribution in [0.3, 0.4) is 0 Å². The molecule has 0 radical (unpaired) electrons. The maximum absolute atomic E-state index is 12.4. The normalized spacial score (nSPS) is 27.7. The van der Waals surface area contributed by atoms with Crippen LogP contribution in [0.2, 0.25) is 0 Å². The molecule has 2 aliphatic heterocycles. The summed E-state index contributed by atoms with van der Waals surface area (Å²) in [7, 11) is 0. The van der Waals surface area contributed by atoms with Gasteiger partial charge in [-0.3, -0.25) is 4.79 Å². The van der Waals surface area contributed by atoms with E-state index in [2.05, 4.69) is 19.2 Å². The molecule has 0 aliphatic carbocycles. The average Bonchev–Trinajstić information content (AvgIpc) is 2.89. The fraction of sp³-hybridized carbons (Fsp3) is 0.933. The SMILES string of the molecule is CC(C)N(CC1CCCCN1)C(=O)CC1CCCO1. The maximum atomic E-state index is 12.4. The number of nitrogens with zero attached hydrogens (tertiary/aromatic N) is 1. The Bertz CT molecular complexity index is 282. The van der Waals surface area contributed by atoms with E-state index in [4.69, 9.17) is 4.74 Å². The van der Waals surface area contributed by atoms with Crippen LogP contribution in [0.15, 0.2) is 0 Å². The molecule has 2 saturated heterocycles. The third-order valence-corrected chi connectivity index (χ3v) is 4.20. The van der Waals surface area contributed by atoms with E-state index >= 15 is 0 Å². The minimum atomic E-state index is 0.160. The fourth-order valence-electron chi connectivity index (χ4n) is 3.04. The van der Waals surface area contributed by atoms with Crippen molar-refractivity contribution in [2.45, 2.75) is 70.6 Å². The van der Waals surface area contributed by atoms with Gasteiger partial charge in [0.1, 0.15) is 0 Å². The second-order valence-corrected chi connectivity index (χ2v) is 6.13. The molecular weight excluding hydrogens is 240 g/mol. The Balaban J connectivity index is 1.84. The predicted octanol–water partition coefficient (Wildman–Crippen LogP) is 1.93. The van der Waals surface area contributed by atoms with Crippen molar-refractivity contribution < 1.29 is 9.53 Å². The van der Waals surface area contributed by atoms with Crippen molar-refractivity contribution in [1.82, 2.24) is 10.2 Å². The van der Waals surface area contributed by atoms with E-state index in [0.717, 1.165) is 32.5 Å². The van der Waals surface area contributed by atoms with Gasteiger partial charge < -0.3 is 15.0 Å². The Morgan fingerprint density at radius 1 is 1.32 bits per heavy atom. The fourth-order valence-corrected chi connectivity index (χ4v) is 3.04. The Labute approximate surface area is 116 Å². The van der Waals surface area contributed by atoms with E-state index in [-0.39, 0.29) is 18.1 Å². The van der Waals surface area contributed by atoms with Crippen molar-refractivity contribution in [1.29, 1.82) is 0 Å². The summed E-state index contributed by atoms with van der Waals surface area (Å²) in [5.74, 6) is 0.259. The van der Waals surface area contributed by atoms with Gasteiger partial charge in [-0.05, 0) is 46.1 Å². The van der Waals surface area contributed by atoms with Gasteiger partial charge in [-0.25, -0.2) is 0 Å². The highest BCUT2D eigenvalue weighted by Gasteiger charge is 2.26. The number of hydrogen-bond acceptors (Lipinski definition) is 3. The highest BCUT2D eigenvalue weighted by molar-refractivity contribution is 5.77. The predicted molar refractivity (Wildman–Crippen MR) is 76.1 cm³/mol. The molecule has 1 N–H and O–H groups in total. The van der Waals surface area contributed by atoms with E-state index in [9.17, 15) is 4.79 Å². The van der Waals surface area contributed by atoms with Gasteiger partial charge in [0.15, 0.2) is 0 Å². The van der Waals surface area contributed by atoms with Gasteiger partial charge in [-0.2, -0.15) is 0 Å². The summed E-state index contributed by atoms with van der Waals surface area (Å²) in [6.45, 7) is 6.98. The first kappa shape index (κ1) is 14.8. The summed E-state index contributed by atoms with van der Waals surface area (Å²) in [6.07, 6.45) is 6.60. The quantitative estimate of drug-likeness (QED) is 0.828. The van der Waals surface area contributed by atoms with E-state index < -0.39 is 0 Å². The molecule has 4 nitrogen and oxygen atoms in total. The van der Waals surface area contributed by atoms with Crippen molar-refractivity contribution in [2.24, 2.45) is 0 Å². The summed E-state index contributed by atoms with van der Waals surface area (Å²) in [4.78, 5) is 14.5. The Kier molecular flexibility index (Phi) is 5.64. The monoisotopic (exact) mass is 268 g/mol. The zero-order chi connectivity index (χ0) is 13.7. The molecule has 110 valence electrons.